The number of piperazine rings is 2. The van der Waals surface area contributed by atoms with Gasteiger partial charge in [0.2, 0.25) is 11.9 Å². The molecule has 0 radical (unpaired) electrons. The first-order chi connectivity index (χ1) is 17.2. The Hall–Kier alpha value is -3.05. The highest BCUT2D eigenvalue weighted by molar-refractivity contribution is 5.47. The highest BCUT2D eigenvalue weighted by atomic mass is 19.1. The molecule has 3 aliphatic rings. The van der Waals surface area contributed by atoms with Gasteiger partial charge in [0.25, 0.3) is 0 Å². The lowest BCUT2D eigenvalue weighted by Gasteiger charge is -2.42. The van der Waals surface area contributed by atoms with E-state index in [-0.39, 0.29) is 6.61 Å². The van der Waals surface area contributed by atoms with Gasteiger partial charge in [0.15, 0.2) is 5.75 Å². The monoisotopic (exact) mass is 484 g/mol. The smallest absolute Gasteiger partial charge is 0.225 e. The van der Waals surface area contributed by atoms with Crippen LogP contribution in [0.15, 0.2) is 36.7 Å². The van der Waals surface area contributed by atoms with Crippen LogP contribution in [0, 0.1) is 0 Å². The molecular weight excluding hydrogens is 451 g/mol. The molecule has 3 saturated heterocycles. The summed E-state index contributed by atoms with van der Waals surface area (Å²) in [4.78, 5) is 27.4. The summed E-state index contributed by atoms with van der Waals surface area (Å²) in [6.07, 6.45) is 8.37. The van der Waals surface area contributed by atoms with Crippen LogP contribution in [0.3, 0.4) is 0 Å². The van der Waals surface area contributed by atoms with Gasteiger partial charge in [-0.1, -0.05) is 6.92 Å². The quantitative estimate of drug-likeness (QED) is 0.553. The van der Waals surface area contributed by atoms with E-state index in [0.717, 1.165) is 77.2 Å². The molecule has 5 heterocycles. The van der Waals surface area contributed by atoms with Gasteiger partial charge in [-0.25, -0.2) is 24.3 Å². The second-order valence-electron chi connectivity index (χ2n) is 9.06. The summed E-state index contributed by atoms with van der Waals surface area (Å²) in [5.74, 6) is 2.02. The molecule has 0 aromatic carbocycles. The van der Waals surface area contributed by atoms with Crippen LogP contribution in [0.4, 0.5) is 22.0 Å². The lowest BCUT2D eigenvalue weighted by atomic mass is 10.2. The van der Waals surface area contributed by atoms with Crippen molar-refractivity contribution in [1.82, 2.24) is 24.8 Å². The van der Waals surface area contributed by atoms with E-state index in [1.54, 1.807) is 12.4 Å². The average Bonchev–Trinajstić information content (AvgIpc) is 2.89. The molecule has 2 aromatic heterocycles. The Morgan fingerprint density at radius 3 is 1.94 bits per heavy atom. The van der Waals surface area contributed by atoms with Crippen molar-refractivity contribution >= 4 is 17.6 Å². The maximum Gasteiger partial charge on any atom is 0.225 e. The van der Waals surface area contributed by atoms with Crippen LogP contribution in [-0.2, 0) is 4.74 Å². The molecule has 2 aromatic rings. The van der Waals surface area contributed by atoms with Crippen molar-refractivity contribution in [2.24, 2.45) is 0 Å². The van der Waals surface area contributed by atoms with Crippen molar-refractivity contribution in [3.63, 3.8) is 0 Å². The Balaban J connectivity index is 1.09. The van der Waals surface area contributed by atoms with Crippen LogP contribution in [0.5, 0.6) is 5.75 Å². The predicted molar refractivity (Wildman–Crippen MR) is 132 cm³/mol. The van der Waals surface area contributed by atoms with Gasteiger partial charge < -0.3 is 24.2 Å². The molecule has 0 bridgehead atoms. The molecule has 35 heavy (non-hydrogen) atoms. The van der Waals surface area contributed by atoms with Gasteiger partial charge in [0, 0.05) is 52.4 Å². The number of halogens is 1. The molecule has 3 aliphatic heterocycles. The number of aromatic nitrogens is 4. The van der Waals surface area contributed by atoms with E-state index in [0.29, 0.717) is 36.1 Å². The zero-order valence-electron chi connectivity index (χ0n) is 20.2. The fourth-order valence-corrected chi connectivity index (χ4v) is 4.46. The summed E-state index contributed by atoms with van der Waals surface area (Å²) in [7, 11) is 0. The molecule has 0 atom stereocenters. The van der Waals surface area contributed by atoms with Crippen LogP contribution in [-0.4, -0.2) is 103 Å². The Labute approximate surface area is 205 Å². The molecule has 0 amide bonds. The van der Waals surface area contributed by atoms with E-state index in [2.05, 4.69) is 39.5 Å². The first-order valence-electron chi connectivity index (χ1n) is 12.3. The number of anilines is 3. The highest BCUT2D eigenvalue weighted by Crippen LogP contribution is 2.21. The maximum absolute atomic E-state index is 12.7. The summed E-state index contributed by atoms with van der Waals surface area (Å²) in [6.45, 7) is 11.1. The lowest BCUT2D eigenvalue weighted by Crippen LogP contribution is -2.56. The fraction of sp³-hybridized carbons (Fsp3) is 0.583. The van der Waals surface area contributed by atoms with Gasteiger partial charge in [-0.05, 0) is 12.0 Å². The van der Waals surface area contributed by atoms with E-state index < -0.39 is 0 Å². The number of ether oxygens (including phenoxy) is 2. The van der Waals surface area contributed by atoms with Gasteiger partial charge in [-0.15, -0.1) is 0 Å². The molecule has 5 rings (SSSR count). The van der Waals surface area contributed by atoms with Gasteiger partial charge in [0.1, 0.15) is 6.61 Å². The molecule has 11 heteroatoms. The van der Waals surface area contributed by atoms with Crippen molar-refractivity contribution in [1.29, 1.82) is 0 Å². The maximum atomic E-state index is 12.7. The zero-order valence-corrected chi connectivity index (χ0v) is 20.2. The minimum absolute atomic E-state index is 0.210. The number of hydrogen-bond donors (Lipinski definition) is 0. The number of nitrogens with zero attached hydrogens (tertiary/aromatic N) is 8. The Morgan fingerprint density at radius 2 is 1.43 bits per heavy atom. The Morgan fingerprint density at radius 1 is 0.886 bits per heavy atom. The number of hydrogen-bond acceptors (Lipinski definition) is 10. The standard InChI is InChI=1S/C24H33FN8O2/c1-2-19(11-25)16-35-22-14-28-24(29-15-22)33-7-3-30(4-8-33)20-12-26-23(27-13-20)32-9-5-31(6-10-32)21-17-34-18-21/h11-15,21H,2-10,16-18H2,1H3/b19-11+. The van der Waals surface area contributed by atoms with Crippen LogP contribution in [0.25, 0.3) is 0 Å². The minimum Gasteiger partial charge on any atom is -0.486 e. The minimum atomic E-state index is 0.210. The Kier molecular flexibility index (Phi) is 7.53. The van der Waals surface area contributed by atoms with Crippen molar-refractivity contribution in [3.05, 3.63) is 36.7 Å². The summed E-state index contributed by atoms with van der Waals surface area (Å²) in [5.41, 5.74) is 1.64. The van der Waals surface area contributed by atoms with E-state index in [1.807, 2.05) is 19.3 Å². The lowest BCUT2D eigenvalue weighted by molar-refractivity contribution is -0.0661. The second kappa shape index (κ2) is 11.1. The molecule has 0 saturated carbocycles. The molecular formula is C24H33FN8O2. The molecule has 10 nitrogen and oxygen atoms in total. The molecule has 188 valence electrons. The van der Waals surface area contributed by atoms with E-state index >= 15 is 0 Å². The van der Waals surface area contributed by atoms with Gasteiger partial charge >= 0.3 is 0 Å². The average molecular weight is 485 g/mol. The van der Waals surface area contributed by atoms with Crippen LogP contribution in [0.2, 0.25) is 0 Å². The van der Waals surface area contributed by atoms with E-state index in [9.17, 15) is 4.39 Å². The molecule has 3 fully saturated rings. The Bertz CT molecular complexity index is 970. The first kappa shape index (κ1) is 23.7. The van der Waals surface area contributed by atoms with Gasteiger partial charge in [-0.2, -0.15) is 0 Å². The van der Waals surface area contributed by atoms with Crippen LogP contribution in [0.1, 0.15) is 13.3 Å². The molecule has 0 aliphatic carbocycles. The molecule has 0 spiro atoms. The largest absolute Gasteiger partial charge is 0.486 e. The first-order valence-corrected chi connectivity index (χ1v) is 12.3. The molecule has 0 unspecified atom stereocenters. The summed E-state index contributed by atoms with van der Waals surface area (Å²) in [6, 6.07) is 0.592. The van der Waals surface area contributed by atoms with Crippen molar-refractivity contribution in [2.45, 2.75) is 19.4 Å². The van der Waals surface area contributed by atoms with E-state index in [1.165, 1.54) is 0 Å². The highest BCUT2D eigenvalue weighted by Gasteiger charge is 2.29. The zero-order chi connectivity index (χ0) is 24.0. The molecule has 0 N–H and O–H groups in total. The third-order valence-corrected chi connectivity index (χ3v) is 6.93. The topological polar surface area (TPSA) is 83.0 Å². The normalized spacial score (nSPS) is 20.2. The van der Waals surface area contributed by atoms with Gasteiger partial charge in [-0.3, -0.25) is 4.90 Å². The van der Waals surface area contributed by atoms with Crippen LogP contribution < -0.4 is 19.4 Å². The number of rotatable bonds is 8. The predicted octanol–water partition coefficient (Wildman–Crippen LogP) is 1.76. The fourth-order valence-electron chi connectivity index (χ4n) is 4.46. The van der Waals surface area contributed by atoms with Crippen LogP contribution >= 0.6 is 0 Å². The third-order valence-electron chi connectivity index (χ3n) is 6.93. The van der Waals surface area contributed by atoms with Crippen molar-refractivity contribution < 1.29 is 13.9 Å². The summed E-state index contributed by atoms with van der Waals surface area (Å²) < 4.78 is 23.6. The summed E-state index contributed by atoms with van der Waals surface area (Å²) >= 11 is 0. The SMILES string of the molecule is CC/C(=C\F)COc1cnc(N2CCN(c3cnc(N4CCN(C5COC5)CC4)nc3)CC2)nc1. The van der Waals surface area contributed by atoms with Crippen molar-refractivity contribution in [2.75, 3.05) is 86.9 Å². The summed E-state index contributed by atoms with van der Waals surface area (Å²) in [5, 5.41) is 0. The van der Waals surface area contributed by atoms with E-state index in [4.69, 9.17) is 9.47 Å². The third kappa shape index (κ3) is 5.62. The second-order valence-corrected chi connectivity index (χ2v) is 9.06. The van der Waals surface area contributed by atoms with Gasteiger partial charge in [0.05, 0.1) is 56.1 Å². The van der Waals surface area contributed by atoms with Crippen molar-refractivity contribution in [3.8, 4) is 5.75 Å².